The minimum Gasteiger partial charge on any atom is -0.452 e. The third kappa shape index (κ3) is 3.93. The van der Waals surface area contributed by atoms with Crippen LogP contribution in [-0.4, -0.2) is 33.6 Å². The van der Waals surface area contributed by atoms with Gasteiger partial charge in [0, 0.05) is 5.69 Å². The van der Waals surface area contributed by atoms with Crippen LogP contribution in [0.3, 0.4) is 0 Å². The van der Waals surface area contributed by atoms with Crippen molar-refractivity contribution in [1.29, 1.82) is 0 Å². The van der Waals surface area contributed by atoms with Crippen molar-refractivity contribution in [2.75, 3.05) is 11.9 Å². The molecule has 8 heteroatoms. The van der Waals surface area contributed by atoms with Gasteiger partial charge < -0.3 is 25.1 Å². The zero-order valence-electron chi connectivity index (χ0n) is 13.0. The van der Waals surface area contributed by atoms with Gasteiger partial charge in [0.15, 0.2) is 6.61 Å². The Balaban J connectivity index is 1.57. The number of aliphatic hydroxyl groups excluding tert-OH is 1. The molecule has 1 heterocycles. The average molecular weight is 341 g/mol. The lowest BCUT2D eigenvalue weighted by Gasteiger charge is -2.07. The molecule has 0 bridgehead atoms. The molecular weight excluding hydrogens is 326 g/mol. The highest BCUT2D eigenvalue weighted by molar-refractivity contribution is 5.96. The minimum atomic E-state index is -0.634. The minimum absolute atomic E-state index is 0.117. The Morgan fingerprint density at radius 1 is 1.04 bits per heavy atom. The van der Waals surface area contributed by atoms with Gasteiger partial charge in [0.2, 0.25) is 0 Å². The number of hydrogen-bond donors (Lipinski definition) is 4. The Morgan fingerprint density at radius 2 is 1.76 bits per heavy atom. The number of rotatable bonds is 5. The molecule has 0 aliphatic carbocycles. The van der Waals surface area contributed by atoms with E-state index in [1.807, 2.05) is 0 Å². The Kier molecular flexibility index (Phi) is 4.62. The van der Waals surface area contributed by atoms with Gasteiger partial charge >= 0.3 is 11.7 Å². The van der Waals surface area contributed by atoms with E-state index < -0.39 is 18.5 Å². The fourth-order valence-electron chi connectivity index (χ4n) is 2.27. The number of imidazole rings is 1. The van der Waals surface area contributed by atoms with E-state index in [1.165, 1.54) is 12.1 Å². The first-order valence-corrected chi connectivity index (χ1v) is 7.44. The summed E-state index contributed by atoms with van der Waals surface area (Å²) in [5.74, 6) is -1.14. The van der Waals surface area contributed by atoms with Crippen LogP contribution >= 0.6 is 0 Å². The number of amides is 1. The van der Waals surface area contributed by atoms with Crippen LogP contribution in [-0.2, 0) is 16.1 Å². The molecule has 0 aliphatic heterocycles. The van der Waals surface area contributed by atoms with E-state index in [2.05, 4.69) is 15.3 Å². The summed E-state index contributed by atoms with van der Waals surface area (Å²) in [6, 6.07) is 11.1. The number of benzene rings is 2. The van der Waals surface area contributed by atoms with Crippen LogP contribution in [0.1, 0.15) is 15.9 Å². The van der Waals surface area contributed by atoms with Gasteiger partial charge in [-0.3, -0.25) is 4.79 Å². The van der Waals surface area contributed by atoms with Gasteiger partial charge in [-0.25, -0.2) is 9.59 Å². The molecule has 0 unspecified atom stereocenters. The van der Waals surface area contributed by atoms with Crippen LogP contribution < -0.4 is 11.0 Å². The predicted octanol–water partition coefficient (Wildman–Crippen LogP) is 1.14. The second-order valence-corrected chi connectivity index (χ2v) is 5.32. The lowest BCUT2D eigenvalue weighted by atomic mass is 10.1. The number of nitrogens with one attached hydrogen (secondary N) is 3. The summed E-state index contributed by atoms with van der Waals surface area (Å²) < 4.78 is 4.95. The van der Waals surface area contributed by atoms with Crippen LogP contribution in [0.2, 0.25) is 0 Å². The van der Waals surface area contributed by atoms with Crippen molar-refractivity contribution >= 4 is 28.6 Å². The first-order valence-electron chi connectivity index (χ1n) is 7.44. The van der Waals surface area contributed by atoms with Gasteiger partial charge in [0.1, 0.15) is 0 Å². The molecule has 0 atom stereocenters. The van der Waals surface area contributed by atoms with Crippen LogP contribution in [0.25, 0.3) is 11.0 Å². The second-order valence-electron chi connectivity index (χ2n) is 5.32. The number of ether oxygens (including phenoxy) is 1. The zero-order valence-corrected chi connectivity index (χ0v) is 13.0. The van der Waals surface area contributed by atoms with E-state index in [-0.39, 0.29) is 17.9 Å². The molecule has 3 aromatic rings. The monoisotopic (exact) mass is 341 g/mol. The highest BCUT2D eigenvalue weighted by atomic mass is 16.5. The van der Waals surface area contributed by atoms with E-state index in [0.717, 1.165) is 0 Å². The van der Waals surface area contributed by atoms with Crippen LogP contribution in [0.15, 0.2) is 47.3 Å². The number of esters is 1. The topological polar surface area (TPSA) is 124 Å². The number of H-pyrrole nitrogens is 2. The molecule has 1 aromatic heterocycles. The Hall–Kier alpha value is -3.39. The maximum Gasteiger partial charge on any atom is 0.338 e. The molecule has 1 amide bonds. The molecule has 25 heavy (non-hydrogen) atoms. The van der Waals surface area contributed by atoms with Crippen LogP contribution in [0.5, 0.6) is 0 Å². The summed E-state index contributed by atoms with van der Waals surface area (Å²) in [6.45, 7) is -0.559. The fourth-order valence-corrected chi connectivity index (χ4v) is 2.27. The lowest BCUT2D eigenvalue weighted by Crippen LogP contribution is -2.20. The molecular formula is C17H15N3O5. The quantitative estimate of drug-likeness (QED) is 0.518. The Bertz CT molecular complexity index is 972. The predicted molar refractivity (Wildman–Crippen MR) is 90.2 cm³/mol. The zero-order chi connectivity index (χ0) is 17.8. The maximum absolute atomic E-state index is 11.9. The van der Waals surface area contributed by atoms with Crippen molar-refractivity contribution in [3.63, 3.8) is 0 Å². The Morgan fingerprint density at radius 3 is 2.48 bits per heavy atom. The van der Waals surface area contributed by atoms with Gasteiger partial charge in [-0.15, -0.1) is 0 Å². The van der Waals surface area contributed by atoms with Gasteiger partial charge in [-0.2, -0.15) is 0 Å². The lowest BCUT2D eigenvalue weighted by molar-refractivity contribution is -0.119. The summed E-state index contributed by atoms with van der Waals surface area (Å²) in [4.78, 5) is 40.1. The molecule has 0 saturated carbocycles. The number of carbonyl (C=O) groups excluding carboxylic acids is 2. The number of hydrogen-bond acceptors (Lipinski definition) is 5. The van der Waals surface area contributed by atoms with Crippen LogP contribution in [0.4, 0.5) is 5.69 Å². The largest absolute Gasteiger partial charge is 0.452 e. The molecule has 2 aromatic carbocycles. The molecule has 4 N–H and O–H groups in total. The Labute approximate surface area is 141 Å². The van der Waals surface area contributed by atoms with Gasteiger partial charge in [-0.05, 0) is 35.9 Å². The van der Waals surface area contributed by atoms with E-state index in [9.17, 15) is 14.4 Å². The van der Waals surface area contributed by atoms with Crippen molar-refractivity contribution in [2.24, 2.45) is 0 Å². The van der Waals surface area contributed by atoms with Crippen molar-refractivity contribution in [3.8, 4) is 0 Å². The average Bonchev–Trinajstić information content (AvgIpc) is 2.99. The molecule has 0 radical (unpaired) electrons. The third-order valence-electron chi connectivity index (χ3n) is 3.51. The van der Waals surface area contributed by atoms with Crippen molar-refractivity contribution in [3.05, 3.63) is 64.1 Å². The SMILES string of the molecule is O=C(COC(=O)c1ccc(CO)cc1)Nc1ccc2[nH]c(=O)[nH]c2c1. The molecule has 0 fully saturated rings. The normalized spacial score (nSPS) is 10.6. The van der Waals surface area contributed by atoms with Gasteiger partial charge in [-0.1, -0.05) is 12.1 Å². The number of aliphatic hydroxyl groups is 1. The number of carbonyl (C=O) groups is 2. The summed E-state index contributed by atoms with van der Waals surface area (Å²) in [7, 11) is 0. The molecule has 0 aliphatic rings. The number of fused-ring (bicyclic) bond motifs is 1. The van der Waals surface area contributed by atoms with Crippen molar-refractivity contribution in [2.45, 2.75) is 6.61 Å². The molecule has 0 spiro atoms. The molecule has 128 valence electrons. The van der Waals surface area contributed by atoms with E-state index in [4.69, 9.17) is 9.84 Å². The third-order valence-corrected chi connectivity index (χ3v) is 3.51. The second kappa shape index (κ2) is 7.02. The van der Waals surface area contributed by atoms with Gasteiger partial charge in [0.05, 0.1) is 23.2 Å². The van der Waals surface area contributed by atoms with Gasteiger partial charge in [0.25, 0.3) is 5.91 Å². The van der Waals surface area contributed by atoms with E-state index in [0.29, 0.717) is 22.3 Å². The summed E-state index contributed by atoms with van der Waals surface area (Å²) in [5, 5.41) is 11.5. The van der Waals surface area contributed by atoms with E-state index in [1.54, 1.807) is 30.3 Å². The fraction of sp³-hybridized carbons (Fsp3) is 0.118. The number of anilines is 1. The molecule has 3 rings (SSSR count). The van der Waals surface area contributed by atoms with Crippen molar-refractivity contribution < 1.29 is 19.4 Å². The number of aromatic amines is 2. The summed E-state index contributed by atoms with van der Waals surface area (Å²) in [5.41, 5.74) is 2.28. The molecule has 8 nitrogen and oxygen atoms in total. The highest BCUT2D eigenvalue weighted by Gasteiger charge is 2.11. The standard InChI is InChI=1S/C17H15N3O5/c21-8-10-1-3-11(4-2-10)16(23)25-9-15(22)18-12-5-6-13-14(7-12)20-17(24)19-13/h1-7,21H,8-9H2,(H,18,22)(H2,19,20,24). The molecule has 0 saturated heterocycles. The van der Waals surface area contributed by atoms with E-state index >= 15 is 0 Å². The number of aromatic nitrogens is 2. The summed E-state index contributed by atoms with van der Waals surface area (Å²) >= 11 is 0. The van der Waals surface area contributed by atoms with Crippen LogP contribution in [0, 0.1) is 0 Å². The first-order chi connectivity index (χ1) is 12.0. The maximum atomic E-state index is 11.9. The highest BCUT2D eigenvalue weighted by Crippen LogP contribution is 2.14. The summed E-state index contributed by atoms with van der Waals surface area (Å²) in [6.07, 6.45) is 0. The smallest absolute Gasteiger partial charge is 0.338 e. The van der Waals surface area contributed by atoms with Crippen molar-refractivity contribution in [1.82, 2.24) is 9.97 Å². The first kappa shape index (κ1) is 16.5.